The molecule has 1 aromatic carbocycles. The molecule has 0 aliphatic rings. The third-order valence-corrected chi connectivity index (χ3v) is 2.63. The van der Waals surface area contributed by atoms with Gasteiger partial charge in [-0.1, -0.05) is 19.1 Å². The van der Waals surface area contributed by atoms with E-state index in [2.05, 4.69) is 21.9 Å². The van der Waals surface area contributed by atoms with Crippen molar-refractivity contribution in [2.45, 2.75) is 13.3 Å². The summed E-state index contributed by atoms with van der Waals surface area (Å²) in [6, 6.07) is 7.66. The van der Waals surface area contributed by atoms with E-state index in [1.165, 1.54) is 0 Å². The predicted octanol–water partition coefficient (Wildman–Crippen LogP) is 1.98. The first-order valence-electron chi connectivity index (χ1n) is 6.53. The van der Waals surface area contributed by atoms with E-state index in [1.54, 1.807) is 4.90 Å². The van der Waals surface area contributed by atoms with Crippen molar-refractivity contribution < 1.29 is 4.74 Å². The minimum absolute atomic E-state index is 0.198. The summed E-state index contributed by atoms with van der Waals surface area (Å²) in [5.41, 5.74) is 6.57. The van der Waals surface area contributed by atoms with Gasteiger partial charge in [0.2, 0.25) is 11.9 Å². The van der Waals surface area contributed by atoms with E-state index in [-0.39, 0.29) is 5.95 Å². The lowest BCUT2D eigenvalue weighted by Gasteiger charge is -2.13. The fourth-order valence-electron chi connectivity index (χ4n) is 1.69. The maximum Gasteiger partial charge on any atom is 0.230 e. The lowest BCUT2D eigenvalue weighted by atomic mass is 10.2. The third-order valence-electron chi connectivity index (χ3n) is 2.63. The monoisotopic (exact) mass is 273 g/mol. The number of nitrogens with zero attached hydrogens (tertiary/aromatic N) is 4. The first-order valence-corrected chi connectivity index (χ1v) is 6.53. The topological polar surface area (TPSA) is 77.2 Å². The molecule has 106 valence electrons. The van der Waals surface area contributed by atoms with E-state index in [0.29, 0.717) is 18.4 Å². The highest BCUT2D eigenvalue weighted by atomic mass is 16.5. The second-order valence-corrected chi connectivity index (χ2v) is 4.56. The molecule has 0 aliphatic carbocycles. The van der Waals surface area contributed by atoms with E-state index in [4.69, 9.17) is 10.5 Å². The quantitative estimate of drug-likeness (QED) is 0.897. The van der Waals surface area contributed by atoms with E-state index >= 15 is 0 Å². The molecule has 6 heteroatoms. The SMILES string of the molecule is CCCOc1ccccc1-c1nc(N)nc(N(C)C)n1. The predicted molar refractivity (Wildman–Crippen MR) is 79.8 cm³/mol. The van der Waals surface area contributed by atoms with Crippen molar-refractivity contribution in [3.05, 3.63) is 24.3 Å². The molecule has 0 unspecified atom stereocenters. The van der Waals surface area contributed by atoms with Crippen molar-refractivity contribution in [1.82, 2.24) is 15.0 Å². The van der Waals surface area contributed by atoms with Gasteiger partial charge in [-0.15, -0.1) is 0 Å². The van der Waals surface area contributed by atoms with Gasteiger partial charge in [0, 0.05) is 14.1 Å². The molecule has 6 nitrogen and oxygen atoms in total. The summed E-state index contributed by atoms with van der Waals surface area (Å²) >= 11 is 0. The lowest BCUT2D eigenvalue weighted by Crippen LogP contribution is -2.15. The highest BCUT2D eigenvalue weighted by Crippen LogP contribution is 2.28. The molecule has 1 aromatic heterocycles. The second-order valence-electron chi connectivity index (χ2n) is 4.56. The first-order chi connectivity index (χ1) is 9.61. The van der Waals surface area contributed by atoms with E-state index in [0.717, 1.165) is 17.7 Å². The Kier molecular flexibility index (Phi) is 4.34. The van der Waals surface area contributed by atoms with Crippen LogP contribution in [0, 0.1) is 0 Å². The lowest BCUT2D eigenvalue weighted by molar-refractivity contribution is 0.318. The first kappa shape index (κ1) is 14.0. The Morgan fingerprint density at radius 3 is 2.60 bits per heavy atom. The van der Waals surface area contributed by atoms with E-state index in [1.807, 2.05) is 38.4 Å². The zero-order valence-electron chi connectivity index (χ0n) is 12.0. The van der Waals surface area contributed by atoms with Gasteiger partial charge in [0.25, 0.3) is 0 Å². The van der Waals surface area contributed by atoms with Gasteiger partial charge in [-0.05, 0) is 18.6 Å². The second kappa shape index (κ2) is 6.18. The number of nitrogens with two attached hydrogens (primary N) is 1. The highest BCUT2D eigenvalue weighted by Gasteiger charge is 2.12. The van der Waals surface area contributed by atoms with Crippen LogP contribution in [0.15, 0.2) is 24.3 Å². The molecule has 0 fully saturated rings. The minimum atomic E-state index is 0.198. The summed E-state index contributed by atoms with van der Waals surface area (Å²) in [4.78, 5) is 14.5. The Labute approximate surface area is 118 Å². The van der Waals surface area contributed by atoms with Crippen LogP contribution < -0.4 is 15.4 Å². The van der Waals surface area contributed by atoms with Crippen LogP contribution in [0.4, 0.5) is 11.9 Å². The van der Waals surface area contributed by atoms with Gasteiger partial charge in [-0.25, -0.2) is 0 Å². The largest absolute Gasteiger partial charge is 0.493 e. The van der Waals surface area contributed by atoms with Crippen LogP contribution in [0.25, 0.3) is 11.4 Å². The van der Waals surface area contributed by atoms with Gasteiger partial charge in [-0.2, -0.15) is 15.0 Å². The fourth-order valence-corrected chi connectivity index (χ4v) is 1.69. The third kappa shape index (κ3) is 3.14. The average molecular weight is 273 g/mol. The van der Waals surface area contributed by atoms with Gasteiger partial charge in [-0.3, -0.25) is 0 Å². The Hall–Kier alpha value is -2.37. The van der Waals surface area contributed by atoms with Crippen molar-refractivity contribution >= 4 is 11.9 Å². The normalized spacial score (nSPS) is 10.3. The van der Waals surface area contributed by atoms with Crippen molar-refractivity contribution in [1.29, 1.82) is 0 Å². The van der Waals surface area contributed by atoms with Gasteiger partial charge < -0.3 is 15.4 Å². The molecule has 0 saturated carbocycles. The van der Waals surface area contributed by atoms with Crippen LogP contribution in [-0.2, 0) is 0 Å². The van der Waals surface area contributed by atoms with Crippen LogP contribution in [0.3, 0.4) is 0 Å². The number of aromatic nitrogens is 3. The summed E-state index contributed by atoms with van der Waals surface area (Å²) in [6.07, 6.45) is 0.941. The van der Waals surface area contributed by atoms with Gasteiger partial charge in [0.1, 0.15) is 5.75 Å². The summed E-state index contributed by atoms with van der Waals surface area (Å²) in [5, 5.41) is 0. The molecular weight excluding hydrogens is 254 g/mol. The zero-order valence-corrected chi connectivity index (χ0v) is 12.0. The molecule has 0 amide bonds. The number of rotatable bonds is 5. The summed E-state index contributed by atoms with van der Waals surface area (Å²) in [5.74, 6) is 2.00. The molecular formula is C14H19N5O. The Balaban J connectivity index is 2.45. The zero-order chi connectivity index (χ0) is 14.5. The van der Waals surface area contributed by atoms with E-state index < -0.39 is 0 Å². The van der Waals surface area contributed by atoms with Crippen LogP contribution in [0.1, 0.15) is 13.3 Å². The van der Waals surface area contributed by atoms with Crippen molar-refractivity contribution in [2.75, 3.05) is 31.3 Å². The highest BCUT2D eigenvalue weighted by molar-refractivity contribution is 5.65. The van der Waals surface area contributed by atoms with E-state index in [9.17, 15) is 0 Å². The number of hydrogen-bond donors (Lipinski definition) is 1. The molecule has 0 bridgehead atoms. The number of hydrogen-bond acceptors (Lipinski definition) is 6. The number of anilines is 2. The van der Waals surface area contributed by atoms with Gasteiger partial charge in [0.15, 0.2) is 5.82 Å². The number of para-hydroxylation sites is 1. The maximum absolute atomic E-state index is 5.76. The molecule has 0 spiro atoms. The molecule has 0 atom stereocenters. The van der Waals surface area contributed by atoms with Crippen molar-refractivity contribution in [3.8, 4) is 17.1 Å². The molecule has 20 heavy (non-hydrogen) atoms. The molecule has 0 radical (unpaired) electrons. The van der Waals surface area contributed by atoms with Crippen LogP contribution in [-0.4, -0.2) is 35.7 Å². The Morgan fingerprint density at radius 1 is 1.15 bits per heavy atom. The van der Waals surface area contributed by atoms with Crippen molar-refractivity contribution in [2.24, 2.45) is 0 Å². The average Bonchev–Trinajstić information content (AvgIpc) is 2.44. The minimum Gasteiger partial charge on any atom is -0.493 e. The maximum atomic E-state index is 5.76. The van der Waals surface area contributed by atoms with Crippen LogP contribution in [0.5, 0.6) is 5.75 Å². The summed E-state index contributed by atoms with van der Waals surface area (Å²) in [6.45, 7) is 2.71. The smallest absolute Gasteiger partial charge is 0.230 e. The molecule has 0 aliphatic heterocycles. The van der Waals surface area contributed by atoms with Gasteiger partial charge >= 0.3 is 0 Å². The summed E-state index contributed by atoms with van der Waals surface area (Å²) < 4.78 is 5.73. The van der Waals surface area contributed by atoms with Crippen molar-refractivity contribution in [3.63, 3.8) is 0 Å². The van der Waals surface area contributed by atoms with Gasteiger partial charge in [0.05, 0.1) is 12.2 Å². The number of nitrogen functional groups attached to an aromatic ring is 1. The molecule has 2 aromatic rings. The number of ether oxygens (including phenoxy) is 1. The van der Waals surface area contributed by atoms with Crippen LogP contribution >= 0.6 is 0 Å². The molecule has 2 rings (SSSR count). The van der Waals surface area contributed by atoms with Crippen LogP contribution in [0.2, 0.25) is 0 Å². The molecule has 1 heterocycles. The Bertz CT molecular complexity index is 586. The summed E-state index contributed by atoms with van der Waals surface area (Å²) in [7, 11) is 3.72. The number of benzene rings is 1. The molecule has 2 N–H and O–H groups in total. The standard InChI is InChI=1S/C14H19N5O/c1-4-9-20-11-8-6-5-7-10(11)12-16-13(15)18-14(17-12)19(2)3/h5-8H,4,9H2,1-3H3,(H2,15,16,17,18). The molecule has 0 saturated heterocycles. The Morgan fingerprint density at radius 2 is 1.90 bits per heavy atom. The fraction of sp³-hybridized carbons (Fsp3) is 0.357.